The van der Waals surface area contributed by atoms with Crippen LogP contribution in [0.15, 0.2) is 36.4 Å². The number of aliphatic hydroxyl groups is 1. The minimum atomic E-state index is -5.19. The van der Waals surface area contributed by atoms with E-state index in [1.807, 2.05) is 0 Å². The summed E-state index contributed by atoms with van der Waals surface area (Å²) >= 11 is 12.1. The number of alkyl halides is 3. The van der Waals surface area contributed by atoms with E-state index in [1.54, 1.807) is 26.2 Å². The Morgan fingerprint density at radius 2 is 1.60 bits per heavy atom. The fourth-order valence-electron chi connectivity index (χ4n) is 5.59. The van der Waals surface area contributed by atoms with E-state index >= 15 is 0 Å². The lowest BCUT2D eigenvalue weighted by Crippen LogP contribution is -2.57. The van der Waals surface area contributed by atoms with Crippen molar-refractivity contribution in [2.75, 3.05) is 45.2 Å². The second kappa shape index (κ2) is 12.1. The molecule has 0 aliphatic carbocycles. The summed E-state index contributed by atoms with van der Waals surface area (Å²) in [6.45, 7) is 1.87. The molecule has 1 N–H and O–H groups in total. The lowest BCUT2D eigenvalue weighted by Gasteiger charge is -2.40. The first-order valence-corrected chi connectivity index (χ1v) is 14.0. The molecule has 3 heterocycles. The molecule has 40 heavy (non-hydrogen) atoms. The molecule has 12 heteroatoms. The fraction of sp³-hybridized carbons (Fsp3) is 0.536. The van der Waals surface area contributed by atoms with Gasteiger partial charge in [0.25, 0.3) is 17.4 Å². The zero-order valence-electron chi connectivity index (χ0n) is 22.4. The first kappa shape index (κ1) is 30.4. The number of carbonyl (C=O) groups is 2. The topological polar surface area (TPSA) is 77.0 Å². The van der Waals surface area contributed by atoms with Crippen molar-refractivity contribution >= 4 is 40.8 Å². The van der Waals surface area contributed by atoms with Gasteiger partial charge < -0.3 is 19.8 Å². The van der Waals surface area contributed by atoms with Gasteiger partial charge in [-0.3, -0.25) is 9.59 Å². The van der Waals surface area contributed by atoms with Crippen molar-refractivity contribution in [1.29, 1.82) is 0 Å². The van der Waals surface area contributed by atoms with Gasteiger partial charge in [-0.1, -0.05) is 35.3 Å². The molecule has 2 amide bonds. The van der Waals surface area contributed by atoms with E-state index in [2.05, 4.69) is 9.88 Å². The van der Waals surface area contributed by atoms with Crippen LogP contribution < -0.4 is 4.90 Å². The first-order valence-electron chi connectivity index (χ1n) is 13.3. The molecule has 2 aliphatic rings. The van der Waals surface area contributed by atoms with Crippen LogP contribution in [-0.2, 0) is 10.4 Å². The van der Waals surface area contributed by atoms with Gasteiger partial charge in [0.1, 0.15) is 11.0 Å². The van der Waals surface area contributed by atoms with Crippen LogP contribution >= 0.6 is 23.2 Å². The molecule has 0 radical (unpaired) electrons. The number of halogens is 5. The highest BCUT2D eigenvalue weighted by molar-refractivity contribution is 6.32. The molecule has 1 aromatic heterocycles. The summed E-state index contributed by atoms with van der Waals surface area (Å²) in [5.41, 5.74) is -3.87. The van der Waals surface area contributed by atoms with E-state index < -0.39 is 23.2 Å². The van der Waals surface area contributed by atoms with Gasteiger partial charge in [-0.15, -0.1) is 0 Å². The normalized spacial score (nSPS) is 18.9. The largest absolute Gasteiger partial charge is 0.430 e. The predicted octanol–water partition coefficient (Wildman–Crippen LogP) is 5.39. The van der Waals surface area contributed by atoms with Gasteiger partial charge in [0, 0.05) is 50.9 Å². The number of anilines is 1. The number of pyridine rings is 1. The van der Waals surface area contributed by atoms with E-state index in [1.165, 1.54) is 17.0 Å². The average Bonchev–Trinajstić information content (AvgIpc) is 2.92. The van der Waals surface area contributed by atoms with Crippen LogP contribution in [0, 0.1) is 11.8 Å². The second-order valence-electron chi connectivity index (χ2n) is 10.8. The molecule has 0 bridgehead atoms. The third kappa shape index (κ3) is 6.34. The van der Waals surface area contributed by atoms with Crippen molar-refractivity contribution in [3.05, 3.63) is 57.7 Å². The third-order valence-corrected chi connectivity index (χ3v) is 8.46. The summed E-state index contributed by atoms with van der Waals surface area (Å²) in [7, 11) is 3.31. The predicted molar refractivity (Wildman–Crippen MR) is 148 cm³/mol. The molecule has 4 rings (SSSR count). The third-order valence-electron chi connectivity index (χ3n) is 7.94. The molecule has 7 nitrogen and oxygen atoms in total. The van der Waals surface area contributed by atoms with Crippen molar-refractivity contribution in [2.45, 2.75) is 43.9 Å². The Kier molecular flexibility index (Phi) is 9.21. The van der Waals surface area contributed by atoms with Gasteiger partial charge in [-0.25, -0.2) is 4.98 Å². The number of likely N-dealkylation sites (tertiary alicyclic amines) is 1. The highest BCUT2D eigenvalue weighted by Crippen LogP contribution is 2.42. The summed E-state index contributed by atoms with van der Waals surface area (Å²) in [4.78, 5) is 34.4. The number of aromatic nitrogens is 1. The summed E-state index contributed by atoms with van der Waals surface area (Å²) < 4.78 is 42.0. The lowest BCUT2D eigenvalue weighted by molar-refractivity contribution is -0.262. The second-order valence-corrected chi connectivity index (χ2v) is 11.6. The van der Waals surface area contributed by atoms with Crippen molar-refractivity contribution in [1.82, 2.24) is 14.8 Å². The molecule has 2 aromatic rings. The highest BCUT2D eigenvalue weighted by Gasteiger charge is 2.62. The van der Waals surface area contributed by atoms with E-state index in [9.17, 15) is 27.9 Å². The van der Waals surface area contributed by atoms with Crippen LogP contribution in [0.2, 0.25) is 10.2 Å². The zero-order valence-corrected chi connectivity index (χ0v) is 23.9. The number of amides is 2. The van der Waals surface area contributed by atoms with E-state index in [0.29, 0.717) is 24.3 Å². The van der Waals surface area contributed by atoms with Crippen LogP contribution in [0.25, 0.3) is 0 Å². The molecule has 0 saturated carbocycles. The standard InChI is InChI=1S/C28H33Cl2F3N4O3/c1-35(2)25(38)22-6-7-23(34-24(22)30)36-12-8-18(9-13-36)16-19-10-14-37(15-11-19)26(39)27(40,28(31,32)33)20-4-3-5-21(29)17-20/h3-7,17-19,40H,8-16H2,1-2H3/t27-/m0/s1. The number of piperidine rings is 2. The van der Waals surface area contributed by atoms with Crippen LogP contribution in [0.5, 0.6) is 0 Å². The summed E-state index contributed by atoms with van der Waals surface area (Å²) in [6, 6.07) is 8.22. The lowest BCUT2D eigenvalue weighted by atomic mass is 9.82. The molecular formula is C28H33Cl2F3N4O3. The Bertz CT molecular complexity index is 1230. The van der Waals surface area contributed by atoms with Gasteiger partial charge in [0.05, 0.1) is 5.56 Å². The van der Waals surface area contributed by atoms with Crippen molar-refractivity contribution in [3.63, 3.8) is 0 Å². The molecule has 0 unspecified atom stereocenters. The molecule has 0 spiro atoms. The summed E-state index contributed by atoms with van der Waals surface area (Å²) in [5, 5.41) is 10.9. The molecule has 218 valence electrons. The van der Waals surface area contributed by atoms with Crippen LogP contribution in [0.4, 0.5) is 19.0 Å². The summed E-state index contributed by atoms with van der Waals surface area (Å²) in [6.07, 6.45) is -1.25. The number of rotatable bonds is 6. The molecule has 2 saturated heterocycles. The smallest absolute Gasteiger partial charge is 0.368 e. The van der Waals surface area contributed by atoms with Crippen molar-refractivity contribution in [3.8, 4) is 0 Å². The Morgan fingerprint density at radius 3 is 2.12 bits per heavy atom. The number of nitrogens with zero attached hydrogens (tertiary/aromatic N) is 4. The van der Waals surface area contributed by atoms with E-state index in [-0.39, 0.29) is 35.1 Å². The van der Waals surface area contributed by atoms with Crippen LogP contribution in [0.1, 0.15) is 48.0 Å². The monoisotopic (exact) mass is 600 g/mol. The fourth-order valence-corrected chi connectivity index (χ4v) is 6.01. The SMILES string of the molecule is CN(C)C(=O)c1ccc(N2CCC(CC3CCN(C(=O)[C@@](O)(c4cccc(Cl)c4)C(F)(F)F)CC3)CC2)nc1Cl. The van der Waals surface area contributed by atoms with Gasteiger partial charge in [0.15, 0.2) is 0 Å². The summed E-state index contributed by atoms with van der Waals surface area (Å²) in [5.74, 6) is -0.106. The highest BCUT2D eigenvalue weighted by atomic mass is 35.5. The minimum absolute atomic E-state index is 0.00746. The Hall–Kier alpha value is -2.56. The van der Waals surface area contributed by atoms with Crippen LogP contribution in [0.3, 0.4) is 0 Å². The number of benzene rings is 1. The number of carbonyl (C=O) groups excluding carboxylic acids is 2. The molecule has 1 aromatic carbocycles. The molecule has 2 fully saturated rings. The Morgan fingerprint density at radius 1 is 1.00 bits per heavy atom. The first-order chi connectivity index (χ1) is 18.8. The van der Waals surface area contributed by atoms with Gasteiger partial charge >= 0.3 is 6.18 Å². The van der Waals surface area contributed by atoms with Gasteiger partial charge in [0.2, 0.25) is 0 Å². The Labute approximate surface area is 241 Å². The van der Waals surface area contributed by atoms with Crippen LogP contribution in [-0.4, -0.2) is 78.2 Å². The van der Waals surface area contributed by atoms with E-state index in [4.69, 9.17) is 23.2 Å². The van der Waals surface area contributed by atoms with Gasteiger partial charge in [-0.2, -0.15) is 13.2 Å². The quantitative estimate of drug-likeness (QED) is 0.450. The maximum Gasteiger partial charge on any atom is 0.430 e. The average molecular weight is 601 g/mol. The Balaban J connectivity index is 1.30. The maximum atomic E-state index is 14.0. The van der Waals surface area contributed by atoms with E-state index in [0.717, 1.165) is 55.2 Å². The number of hydrogen-bond acceptors (Lipinski definition) is 5. The van der Waals surface area contributed by atoms with Crippen molar-refractivity contribution < 1.29 is 27.9 Å². The maximum absolute atomic E-state index is 14.0. The zero-order chi connectivity index (χ0) is 29.2. The van der Waals surface area contributed by atoms with Gasteiger partial charge in [-0.05, 0) is 68.2 Å². The molecule has 2 aliphatic heterocycles. The minimum Gasteiger partial charge on any atom is -0.368 e. The number of hydrogen-bond donors (Lipinski definition) is 1. The van der Waals surface area contributed by atoms with Crippen molar-refractivity contribution in [2.24, 2.45) is 11.8 Å². The molecular weight excluding hydrogens is 568 g/mol. The molecule has 1 atom stereocenters.